The molecule has 3 heteroatoms. The van der Waals surface area contributed by atoms with Crippen LogP contribution >= 0.6 is 0 Å². The summed E-state index contributed by atoms with van der Waals surface area (Å²) in [6.45, 7) is 4.74. The summed E-state index contributed by atoms with van der Waals surface area (Å²) >= 11 is 0. The molecule has 0 spiro atoms. The van der Waals surface area contributed by atoms with Crippen molar-refractivity contribution in [1.82, 2.24) is 15.5 Å². The van der Waals surface area contributed by atoms with Gasteiger partial charge in [-0.25, -0.2) is 0 Å². The number of likely N-dealkylation sites (N-methyl/N-ethyl adjacent to an activating group) is 1. The van der Waals surface area contributed by atoms with E-state index in [4.69, 9.17) is 0 Å². The molecule has 2 heterocycles. The van der Waals surface area contributed by atoms with Gasteiger partial charge >= 0.3 is 0 Å². The minimum atomic E-state index is 1.16. The highest BCUT2D eigenvalue weighted by atomic mass is 15.2. The van der Waals surface area contributed by atoms with Crippen LogP contribution in [0.3, 0.4) is 0 Å². The Bertz CT molecular complexity index is 199. The number of nitrogens with zero attached hydrogens (tertiary/aromatic N) is 1. The second-order valence-electron chi connectivity index (χ2n) is 3.32. The van der Waals surface area contributed by atoms with E-state index in [1.165, 1.54) is 13.1 Å². The van der Waals surface area contributed by atoms with Crippen molar-refractivity contribution in [3.63, 3.8) is 0 Å². The summed E-state index contributed by atoms with van der Waals surface area (Å²) in [6, 6.07) is 0. The molecule has 0 aliphatic carbocycles. The largest absolute Gasteiger partial charge is 0.368 e. The fourth-order valence-electron chi connectivity index (χ4n) is 1.18. The zero-order valence-electron chi connectivity index (χ0n) is 8.74. The van der Waals surface area contributed by atoms with Gasteiger partial charge < -0.3 is 15.5 Å². The third-order valence-corrected chi connectivity index (χ3v) is 2.06. The molecular weight excluding hydrogens is 174 g/mol. The van der Waals surface area contributed by atoms with Gasteiger partial charge in [0, 0.05) is 38.6 Å². The molecule has 0 aromatic rings. The van der Waals surface area contributed by atoms with Crippen LogP contribution < -0.4 is 10.6 Å². The fourth-order valence-corrected chi connectivity index (χ4v) is 1.18. The summed E-state index contributed by atoms with van der Waals surface area (Å²) in [6.07, 6.45) is 11.6. The van der Waals surface area contributed by atoms with Crippen molar-refractivity contribution < 1.29 is 0 Å². The maximum Gasteiger partial charge on any atom is 0.0104 e. The van der Waals surface area contributed by atoms with E-state index in [1.807, 2.05) is 36.7 Å². The Balaban J connectivity index is 0.000000140. The summed E-state index contributed by atoms with van der Waals surface area (Å²) in [5.74, 6) is 0. The van der Waals surface area contributed by atoms with E-state index in [-0.39, 0.29) is 0 Å². The summed E-state index contributed by atoms with van der Waals surface area (Å²) < 4.78 is 0. The highest BCUT2D eigenvalue weighted by Crippen LogP contribution is 1.83. The summed E-state index contributed by atoms with van der Waals surface area (Å²) in [4.78, 5) is 2.33. The second-order valence-corrected chi connectivity index (χ2v) is 3.32. The molecule has 2 rings (SSSR count). The fraction of sp³-hybridized carbons (Fsp3) is 0.455. The zero-order chi connectivity index (χ0) is 10.1. The lowest BCUT2D eigenvalue weighted by molar-refractivity contribution is 0.291. The molecule has 78 valence electrons. The van der Waals surface area contributed by atoms with Crippen LogP contribution in [0.4, 0.5) is 0 Å². The molecule has 0 aromatic heterocycles. The molecule has 1 saturated heterocycles. The van der Waals surface area contributed by atoms with Crippen LogP contribution in [0.2, 0.25) is 0 Å². The molecule has 1 fully saturated rings. The van der Waals surface area contributed by atoms with Crippen molar-refractivity contribution in [2.24, 2.45) is 0 Å². The molecule has 14 heavy (non-hydrogen) atoms. The van der Waals surface area contributed by atoms with Gasteiger partial charge in [-0.05, 0) is 19.2 Å². The number of allylic oxidation sites excluding steroid dienone is 4. The van der Waals surface area contributed by atoms with Crippen molar-refractivity contribution in [2.45, 2.75) is 0 Å². The van der Waals surface area contributed by atoms with Gasteiger partial charge in [-0.3, -0.25) is 0 Å². The van der Waals surface area contributed by atoms with E-state index in [0.717, 1.165) is 13.1 Å². The van der Waals surface area contributed by atoms with E-state index in [2.05, 4.69) is 22.6 Å². The molecule has 2 aliphatic rings. The van der Waals surface area contributed by atoms with E-state index < -0.39 is 0 Å². The van der Waals surface area contributed by atoms with Crippen molar-refractivity contribution >= 4 is 0 Å². The van der Waals surface area contributed by atoms with Crippen LogP contribution in [0.25, 0.3) is 0 Å². The maximum absolute atomic E-state index is 3.27. The Labute approximate surface area is 86.2 Å². The predicted octanol–water partition coefficient (Wildman–Crippen LogP) is 0.695. The highest BCUT2D eigenvalue weighted by molar-refractivity contribution is 5.14. The second kappa shape index (κ2) is 7.35. The van der Waals surface area contributed by atoms with Crippen LogP contribution in [0.5, 0.6) is 0 Å². The first-order valence-electron chi connectivity index (χ1n) is 5.03. The van der Waals surface area contributed by atoms with Crippen LogP contribution in [-0.4, -0.2) is 38.1 Å². The van der Waals surface area contributed by atoms with Crippen molar-refractivity contribution in [2.75, 3.05) is 33.2 Å². The minimum Gasteiger partial charge on any atom is -0.368 e. The van der Waals surface area contributed by atoms with Gasteiger partial charge in [-0.1, -0.05) is 12.2 Å². The van der Waals surface area contributed by atoms with E-state index >= 15 is 0 Å². The van der Waals surface area contributed by atoms with E-state index in [1.54, 1.807) is 0 Å². The van der Waals surface area contributed by atoms with Gasteiger partial charge in [0.25, 0.3) is 0 Å². The molecule has 2 aliphatic heterocycles. The van der Waals surface area contributed by atoms with Crippen molar-refractivity contribution in [1.29, 1.82) is 0 Å². The lowest BCUT2D eigenvalue weighted by Crippen LogP contribution is -2.40. The molecule has 0 unspecified atom stereocenters. The third kappa shape index (κ3) is 5.56. The average molecular weight is 193 g/mol. The van der Waals surface area contributed by atoms with Gasteiger partial charge in [-0.2, -0.15) is 0 Å². The first-order valence-corrected chi connectivity index (χ1v) is 5.03. The van der Waals surface area contributed by atoms with Gasteiger partial charge in [0.1, 0.15) is 0 Å². The Kier molecular flexibility index (Phi) is 5.79. The van der Waals surface area contributed by atoms with Crippen LogP contribution in [0.1, 0.15) is 0 Å². The summed E-state index contributed by atoms with van der Waals surface area (Å²) in [7, 11) is 2.15. The number of piperazine rings is 1. The third-order valence-electron chi connectivity index (χ3n) is 2.06. The van der Waals surface area contributed by atoms with Crippen molar-refractivity contribution in [3.8, 4) is 0 Å². The number of hydrogen-bond donors (Lipinski definition) is 2. The summed E-state index contributed by atoms with van der Waals surface area (Å²) in [5, 5.41) is 6.20. The monoisotopic (exact) mass is 193 g/mol. The van der Waals surface area contributed by atoms with E-state index in [0.29, 0.717) is 0 Å². The van der Waals surface area contributed by atoms with Gasteiger partial charge in [-0.15, -0.1) is 0 Å². The van der Waals surface area contributed by atoms with Gasteiger partial charge in [0.15, 0.2) is 0 Å². The van der Waals surface area contributed by atoms with E-state index in [9.17, 15) is 0 Å². The number of nitrogens with one attached hydrogen (secondary N) is 2. The molecule has 3 nitrogen and oxygen atoms in total. The number of rotatable bonds is 0. The van der Waals surface area contributed by atoms with Gasteiger partial charge in [0.2, 0.25) is 0 Å². The first-order chi connectivity index (χ1) is 6.89. The molecule has 2 N–H and O–H groups in total. The molecule has 0 bridgehead atoms. The standard InChI is InChI=1S/C6H7N.C5H12N2/c1-2-4-6-7-5-3-1;1-7-4-2-6-3-5-7/h1-7H;6H,2-5H2,1H3. The number of hydrogen-bond acceptors (Lipinski definition) is 3. The average Bonchev–Trinajstić information content (AvgIpc) is 2.51. The Hall–Kier alpha value is -1.06. The normalized spacial score (nSPS) is 20.6. The smallest absolute Gasteiger partial charge is 0.0104 e. The lowest BCUT2D eigenvalue weighted by Gasteiger charge is -2.21. The molecule has 0 aromatic carbocycles. The van der Waals surface area contributed by atoms with Crippen LogP contribution in [0.15, 0.2) is 36.7 Å². The Morgan fingerprint density at radius 3 is 1.93 bits per heavy atom. The molecular formula is C11H19N3. The lowest BCUT2D eigenvalue weighted by atomic mass is 10.4. The molecule has 0 atom stereocenters. The Morgan fingerprint density at radius 1 is 0.929 bits per heavy atom. The Morgan fingerprint density at radius 2 is 1.50 bits per heavy atom. The molecule has 0 radical (unpaired) electrons. The topological polar surface area (TPSA) is 27.3 Å². The highest BCUT2D eigenvalue weighted by Gasteiger charge is 2.01. The minimum absolute atomic E-state index is 1.16. The predicted molar refractivity (Wildman–Crippen MR) is 60.9 cm³/mol. The van der Waals surface area contributed by atoms with Crippen LogP contribution in [0, 0.1) is 0 Å². The molecule has 0 amide bonds. The maximum atomic E-state index is 3.27. The summed E-state index contributed by atoms with van der Waals surface area (Å²) in [5.41, 5.74) is 0. The SMILES string of the molecule is C1=CC=CNC=C1.CN1CCNCC1. The molecule has 0 saturated carbocycles. The first kappa shape index (κ1) is 11.0. The van der Waals surface area contributed by atoms with Gasteiger partial charge in [0.05, 0.1) is 0 Å². The quantitative estimate of drug-likeness (QED) is 0.593. The zero-order valence-corrected chi connectivity index (χ0v) is 8.74. The van der Waals surface area contributed by atoms with Crippen molar-refractivity contribution in [3.05, 3.63) is 36.7 Å². The van der Waals surface area contributed by atoms with Crippen LogP contribution in [-0.2, 0) is 0 Å².